The van der Waals surface area contributed by atoms with Gasteiger partial charge < -0.3 is 25.5 Å². The van der Waals surface area contributed by atoms with Crippen molar-refractivity contribution < 1.29 is 45.8 Å². The lowest BCUT2D eigenvalue weighted by Crippen LogP contribution is -2.37. The van der Waals surface area contributed by atoms with E-state index in [1.165, 1.54) is 18.2 Å². The lowest BCUT2D eigenvalue weighted by atomic mass is 10.0. The molecule has 13 heteroatoms. The number of aromatic nitrogens is 1. The SMILES string of the molecule is CC(C)c1c[nH]c2cc(Oc3c(C(F)(F)F)cc(NC(=O)C(=O)NCCO)cc3C(F)(F)F)ccc12. The van der Waals surface area contributed by atoms with Crippen molar-refractivity contribution in [2.24, 2.45) is 0 Å². The minimum atomic E-state index is -5.31. The van der Waals surface area contributed by atoms with Gasteiger partial charge in [0, 0.05) is 35.4 Å². The van der Waals surface area contributed by atoms with Crippen molar-refractivity contribution in [3.8, 4) is 11.5 Å². The van der Waals surface area contributed by atoms with Crippen LogP contribution in [0.3, 0.4) is 0 Å². The van der Waals surface area contributed by atoms with Crippen LogP contribution in [0.25, 0.3) is 10.9 Å². The number of fused-ring (bicyclic) bond motifs is 1. The van der Waals surface area contributed by atoms with E-state index in [1.54, 1.807) is 11.5 Å². The molecule has 194 valence electrons. The molecule has 0 aliphatic rings. The molecule has 1 heterocycles. The van der Waals surface area contributed by atoms with E-state index in [4.69, 9.17) is 9.84 Å². The Morgan fingerprint density at radius 2 is 1.61 bits per heavy atom. The zero-order valence-corrected chi connectivity index (χ0v) is 18.9. The number of alkyl halides is 6. The highest BCUT2D eigenvalue weighted by atomic mass is 19.4. The lowest BCUT2D eigenvalue weighted by Gasteiger charge is -2.21. The van der Waals surface area contributed by atoms with Crippen LogP contribution in [0, 0.1) is 0 Å². The van der Waals surface area contributed by atoms with E-state index in [2.05, 4.69) is 4.98 Å². The Balaban J connectivity index is 2.07. The molecule has 0 bridgehead atoms. The first-order chi connectivity index (χ1) is 16.7. The average Bonchev–Trinajstić information content (AvgIpc) is 3.20. The summed E-state index contributed by atoms with van der Waals surface area (Å²) in [5, 5.41) is 13.0. The summed E-state index contributed by atoms with van der Waals surface area (Å²) in [4.78, 5) is 26.4. The zero-order valence-electron chi connectivity index (χ0n) is 18.9. The van der Waals surface area contributed by atoms with Crippen molar-refractivity contribution in [2.75, 3.05) is 18.5 Å². The van der Waals surface area contributed by atoms with Crippen LogP contribution in [0.1, 0.15) is 36.5 Å². The molecule has 0 atom stereocenters. The average molecular weight is 517 g/mol. The molecule has 0 saturated heterocycles. The number of benzene rings is 2. The predicted octanol–water partition coefficient (Wildman–Crippen LogP) is 5.17. The molecule has 4 N–H and O–H groups in total. The second-order valence-corrected chi connectivity index (χ2v) is 8.04. The Hall–Kier alpha value is -3.74. The van der Waals surface area contributed by atoms with Gasteiger partial charge in [0.05, 0.1) is 6.61 Å². The van der Waals surface area contributed by atoms with Gasteiger partial charge in [-0.15, -0.1) is 0 Å². The molecule has 1 aromatic heterocycles. The van der Waals surface area contributed by atoms with Crippen molar-refractivity contribution >= 4 is 28.4 Å². The molecule has 0 saturated carbocycles. The topological polar surface area (TPSA) is 103 Å². The van der Waals surface area contributed by atoms with Gasteiger partial charge in [0.1, 0.15) is 16.9 Å². The van der Waals surface area contributed by atoms with Crippen molar-refractivity contribution in [1.82, 2.24) is 10.3 Å². The van der Waals surface area contributed by atoms with E-state index in [9.17, 15) is 35.9 Å². The fourth-order valence-electron chi connectivity index (χ4n) is 3.46. The highest BCUT2D eigenvalue weighted by molar-refractivity contribution is 6.39. The zero-order chi connectivity index (χ0) is 26.8. The van der Waals surface area contributed by atoms with Crippen LogP contribution < -0.4 is 15.4 Å². The highest BCUT2D eigenvalue weighted by Gasteiger charge is 2.43. The van der Waals surface area contributed by atoms with Gasteiger partial charge in [0.2, 0.25) is 0 Å². The molecule has 3 aromatic rings. The summed E-state index contributed by atoms with van der Waals surface area (Å²) in [6, 6.07) is 4.54. The maximum atomic E-state index is 13.8. The summed E-state index contributed by atoms with van der Waals surface area (Å²) in [5.41, 5.74) is -3.18. The molecule has 2 amide bonds. The van der Waals surface area contributed by atoms with Crippen LogP contribution in [-0.4, -0.2) is 35.1 Å². The molecular formula is C23H21F6N3O4. The molecule has 0 aliphatic carbocycles. The highest BCUT2D eigenvalue weighted by Crippen LogP contribution is 2.47. The maximum absolute atomic E-state index is 13.8. The number of anilines is 1. The molecule has 2 aromatic carbocycles. The Morgan fingerprint density at radius 1 is 1.00 bits per heavy atom. The number of H-pyrrole nitrogens is 1. The summed E-state index contributed by atoms with van der Waals surface area (Å²) in [6.45, 7) is 2.97. The van der Waals surface area contributed by atoms with Gasteiger partial charge in [0.25, 0.3) is 0 Å². The molecular weight excluding hydrogens is 496 g/mol. The van der Waals surface area contributed by atoms with Crippen molar-refractivity contribution in [1.29, 1.82) is 0 Å². The van der Waals surface area contributed by atoms with E-state index in [1.807, 2.05) is 19.2 Å². The van der Waals surface area contributed by atoms with Gasteiger partial charge in [-0.1, -0.05) is 13.8 Å². The number of hydrogen-bond acceptors (Lipinski definition) is 4. The van der Waals surface area contributed by atoms with Gasteiger partial charge in [-0.2, -0.15) is 26.3 Å². The van der Waals surface area contributed by atoms with Crippen LogP contribution >= 0.6 is 0 Å². The van der Waals surface area contributed by atoms with Crippen molar-refractivity contribution in [3.05, 3.63) is 53.2 Å². The van der Waals surface area contributed by atoms with Gasteiger partial charge in [-0.25, -0.2) is 0 Å². The molecule has 0 unspecified atom stereocenters. The van der Waals surface area contributed by atoms with E-state index in [0.29, 0.717) is 5.52 Å². The number of nitrogens with one attached hydrogen (secondary N) is 3. The Morgan fingerprint density at radius 3 is 2.14 bits per heavy atom. The Labute approximate surface area is 200 Å². The van der Waals surface area contributed by atoms with Crippen LogP contribution in [0.2, 0.25) is 0 Å². The van der Waals surface area contributed by atoms with Gasteiger partial charge in [-0.3, -0.25) is 9.59 Å². The minimum absolute atomic E-state index is 0.118. The summed E-state index contributed by atoms with van der Waals surface area (Å²) in [5.74, 6) is -4.54. The molecule has 3 rings (SSSR count). The number of aromatic amines is 1. The van der Waals surface area contributed by atoms with Gasteiger partial charge >= 0.3 is 24.2 Å². The molecule has 7 nitrogen and oxygen atoms in total. The second-order valence-electron chi connectivity index (χ2n) is 8.04. The quantitative estimate of drug-likeness (QED) is 0.268. The molecule has 0 fully saturated rings. The first kappa shape index (κ1) is 26.9. The third-order valence-electron chi connectivity index (χ3n) is 5.09. The monoisotopic (exact) mass is 517 g/mol. The predicted molar refractivity (Wildman–Crippen MR) is 118 cm³/mol. The normalized spacial score (nSPS) is 12.2. The number of aliphatic hydroxyl groups is 1. The van der Waals surface area contributed by atoms with E-state index < -0.39 is 53.3 Å². The molecule has 36 heavy (non-hydrogen) atoms. The summed E-state index contributed by atoms with van der Waals surface area (Å²) < 4.78 is 88.2. The summed E-state index contributed by atoms with van der Waals surface area (Å²) in [7, 11) is 0. The van der Waals surface area contributed by atoms with Crippen LogP contribution in [0.4, 0.5) is 32.0 Å². The van der Waals surface area contributed by atoms with Crippen LogP contribution in [0.15, 0.2) is 36.5 Å². The van der Waals surface area contributed by atoms with Crippen molar-refractivity contribution in [2.45, 2.75) is 32.1 Å². The maximum Gasteiger partial charge on any atom is 0.420 e. The molecule has 0 spiro atoms. The fourth-order valence-corrected chi connectivity index (χ4v) is 3.46. The number of carbonyl (C=O) groups is 2. The Kier molecular flexibility index (Phi) is 7.53. The van der Waals surface area contributed by atoms with E-state index >= 15 is 0 Å². The third kappa shape index (κ3) is 5.90. The number of halogens is 6. The number of rotatable bonds is 6. The standard InChI is InChI=1S/C23H21F6N3O4/c1-11(2)15-10-31-18-9-13(3-4-14(15)18)36-19-16(22(24,25)26)7-12(8-17(19)23(27,28)29)32-21(35)20(34)30-5-6-33/h3-4,7-11,31,33H,5-6H2,1-2H3,(H,30,34)(H,32,35). The number of aliphatic hydroxyl groups excluding tert-OH is 1. The largest absolute Gasteiger partial charge is 0.456 e. The second kappa shape index (κ2) is 10.1. The van der Waals surface area contributed by atoms with E-state index in [0.717, 1.165) is 10.9 Å². The van der Waals surface area contributed by atoms with Gasteiger partial charge in [0.15, 0.2) is 5.75 Å². The number of amides is 2. The minimum Gasteiger partial charge on any atom is -0.456 e. The summed E-state index contributed by atoms with van der Waals surface area (Å²) >= 11 is 0. The first-order valence-electron chi connectivity index (χ1n) is 10.5. The van der Waals surface area contributed by atoms with Crippen LogP contribution in [-0.2, 0) is 21.9 Å². The van der Waals surface area contributed by atoms with E-state index in [-0.39, 0.29) is 30.3 Å². The Bertz CT molecular complexity index is 1250. The fraction of sp³-hybridized carbons (Fsp3) is 0.304. The molecule has 0 aliphatic heterocycles. The lowest BCUT2D eigenvalue weighted by molar-refractivity contribution is -0.145. The van der Waals surface area contributed by atoms with Gasteiger partial charge in [-0.05, 0) is 35.7 Å². The van der Waals surface area contributed by atoms with Crippen molar-refractivity contribution in [3.63, 3.8) is 0 Å². The third-order valence-corrected chi connectivity index (χ3v) is 5.09. The molecule has 0 radical (unpaired) electrons. The number of carbonyl (C=O) groups excluding carboxylic acids is 2. The summed E-state index contributed by atoms with van der Waals surface area (Å²) in [6.07, 6.45) is -8.93. The smallest absolute Gasteiger partial charge is 0.420 e. The van der Waals surface area contributed by atoms with Crippen LogP contribution in [0.5, 0.6) is 11.5 Å². The number of ether oxygens (including phenoxy) is 1. The number of hydrogen-bond donors (Lipinski definition) is 4. The first-order valence-corrected chi connectivity index (χ1v) is 10.5.